The normalized spacial score (nSPS) is 17.7. The Balaban J connectivity index is 1.33. The van der Waals surface area contributed by atoms with E-state index in [-0.39, 0.29) is 55.6 Å². The summed E-state index contributed by atoms with van der Waals surface area (Å²) < 4.78 is 132. The van der Waals surface area contributed by atoms with Crippen LogP contribution in [0.25, 0.3) is 26.9 Å². The molecule has 1 saturated carbocycles. The highest BCUT2D eigenvalue weighted by atomic mass is 35.5. The van der Waals surface area contributed by atoms with Crippen molar-refractivity contribution in [1.29, 1.82) is 0 Å². The molecule has 24 heteroatoms. The molecule has 0 aliphatic heterocycles. The summed E-state index contributed by atoms with van der Waals surface area (Å²) in [6.45, 7) is -1.15. The lowest BCUT2D eigenvalue weighted by Gasteiger charge is -2.23. The molecule has 3 atom stereocenters. The van der Waals surface area contributed by atoms with Gasteiger partial charge < -0.3 is 10.2 Å². The van der Waals surface area contributed by atoms with Gasteiger partial charge in [-0.2, -0.15) is 37.1 Å². The molecule has 306 valence electrons. The molecule has 14 nitrogen and oxygen atoms in total. The first-order valence-corrected chi connectivity index (χ1v) is 20.2. The van der Waals surface area contributed by atoms with E-state index in [0.29, 0.717) is 15.9 Å². The highest BCUT2D eigenvalue weighted by molar-refractivity contribution is 7.92. The number of hydrogen-bond acceptors (Lipinski definition) is 10. The number of carbonyl (C=O) groups is 1. The quantitative estimate of drug-likeness (QED) is 0.167. The van der Waals surface area contributed by atoms with Gasteiger partial charge in [-0.1, -0.05) is 22.9 Å². The maximum absolute atomic E-state index is 15.4. The highest BCUT2D eigenvalue weighted by Crippen LogP contribution is 2.68. The molecule has 2 aromatic carbocycles. The van der Waals surface area contributed by atoms with Crippen molar-refractivity contribution in [3.63, 3.8) is 0 Å². The van der Waals surface area contributed by atoms with Gasteiger partial charge in [-0.25, -0.2) is 22.2 Å². The van der Waals surface area contributed by atoms with Crippen molar-refractivity contribution in [2.75, 3.05) is 30.0 Å². The number of nitrogens with zero attached hydrogens (tertiary/aromatic N) is 8. The van der Waals surface area contributed by atoms with Gasteiger partial charge in [0.2, 0.25) is 15.9 Å². The molecule has 58 heavy (non-hydrogen) atoms. The third-order valence-corrected chi connectivity index (χ3v) is 11.8. The number of nitrogens with one attached hydrogen (secondary N) is 2. The van der Waals surface area contributed by atoms with Crippen molar-refractivity contribution in [2.24, 2.45) is 13.0 Å². The molecule has 0 radical (unpaired) electrons. The number of carbonyl (C=O) groups excluding carboxylic acids is 1. The van der Waals surface area contributed by atoms with E-state index in [4.69, 9.17) is 11.6 Å². The number of benzene rings is 2. The molecule has 2 aliphatic carbocycles. The molecule has 2 aliphatic rings. The summed E-state index contributed by atoms with van der Waals surface area (Å²) in [7, 11) is 0.810. The molecule has 0 saturated heterocycles. The van der Waals surface area contributed by atoms with E-state index in [1.54, 1.807) is 19.0 Å². The first-order valence-electron chi connectivity index (χ1n) is 17.1. The Morgan fingerprint density at radius 1 is 1.12 bits per heavy atom. The van der Waals surface area contributed by atoms with Crippen LogP contribution in [0.3, 0.4) is 0 Å². The number of halogens is 8. The molecular weight excluding hydrogens is 845 g/mol. The smallest absolute Gasteiger partial charge is 0.354 e. The maximum atomic E-state index is 15.4. The van der Waals surface area contributed by atoms with E-state index in [2.05, 4.69) is 30.2 Å². The number of fused-ring (bicyclic) bond motifs is 5. The average Bonchev–Trinajstić information content (AvgIpc) is 3.34. The van der Waals surface area contributed by atoms with Gasteiger partial charge in [0.05, 0.1) is 33.9 Å². The molecule has 0 bridgehead atoms. The Morgan fingerprint density at radius 3 is 2.45 bits per heavy atom. The van der Waals surface area contributed by atoms with Crippen molar-refractivity contribution in [3.8, 4) is 5.69 Å². The van der Waals surface area contributed by atoms with Crippen LogP contribution in [0.5, 0.6) is 0 Å². The fraction of sp³-hybridized carbons (Fsp3) is 0.353. The number of thiazole rings is 1. The Bertz CT molecular complexity index is 2870. The largest absolute Gasteiger partial charge is 0.435 e. The predicted octanol–water partition coefficient (Wildman–Crippen LogP) is 5.62. The SMILES string of the molecule is CN(C)c1nc2nc([C@H](Cc3cc(F)cc(F)c3)NC(=O)Cn3nc(C(F)(F)F)c4c3C(F)(F)[C@@H]3C[C@H]43)n(-c3ccc(Cl)c4c(NS(C)(=O)=O)nn(C)c34)c(=O)c2s1. The number of sulfonamides is 1. The fourth-order valence-electron chi connectivity index (χ4n) is 7.46. The van der Waals surface area contributed by atoms with Gasteiger partial charge in [-0.15, -0.1) is 0 Å². The molecule has 2 N–H and O–H groups in total. The van der Waals surface area contributed by atoms with Crippen LogP contribution in [-0.2, 0) is 46.9 Å². The topological polar surface area (TPSA) is 162 Å². The van der Waals surface area contributed by atoms with E-state index < -0.39 is 93.0 Å². The molecule has 1 amide bonds. The van der Waals surface area contributed by atoms with Crippen molar-refractivity contribution in [2.45, 2.75) is 43.4 Å². The van der Waals surface area contributed by atoms with Crippen molar-refractivity contribution < 1.29 is 43.9 Å². The minimum absolute atomic E-state index is 0.00154. The van der Waals surface area contributed by atoms with E-state index in [1.807, 2.05) is 0 Å². The molecule has 0 unspecified atom stereocenters. The lowest BCUT2D eigenvalue weighted by Crippen LogP contribution is -2.38. The van der Waals surface area contributed by atoms with Gasteiger partial charge >= 0.3 is 6.18 Å². The van der Waals surface area contributed by atoms with E-state index in [1.165, 1.54) is 23.9 Å². The number of amides is 1. The second-order valence-corrected chi connectivity index (χ2v) is 17.4. The van der Waals surface area contributed by atoms with E-state index >= 15 is 8.78 Å². The second kappa shape index (κ2) is 13.4. The first-order chi connectivity index (χ1) is 27.0. The number of aromatic nitrogens is 7. The summed E-state index contributed by atoms with van der Waals surface area (Å²) in [5.74, 6) is -9.91. The minimum Gasteiger partial charge on any atom is -0.354 e. The van der Waals surface area contributed by atoms with Crippen LogP contribution in [0, 0.1) is 17.6 Å². The van der Waals surface area contributed by atoms with Crippen LogP contribution in [0.2, 0.25) is 5.02 Å². The van der Waals surface area contributed by atoms with Crippen LogP contribution in [0.4, 0.5) is 41.7 Å². The molecule has 1 fully saturated rings. The van der Waals surface area contributed by atoms with Crippen LogP contribution in [0.15, 0.2) is 35.1 Å². The number of rotatable bonds is 10. The number of alkyl halides is 5. The molecule has 8 rings (SSSR count). The first kappa shape index (κ1) is 39.5. The summed E-state index contributed by atoms with van der Waals surface area (Å²) in [5, 5.41) is 10.6. The highest BCUT2D eigenvalue weighted by Gasteiger charge is 2.68. The van der Waals surface area contributed by atoms with Gasteiger partial charge in [0.15, 0.2) is 22.3 Å². The Morgan fingerprint density at radius 2 is 1.81 bits per heavy atom. The number of hydrogen-bond donors (Lipinski definition) is 2. The van der Waals surface area contributed by atoms with Crippen LogP contribution < -0.4 is 20.5 Å². The molecular formula is C34H28ClF7N10O4S2. The van der Waals surface area contributed by atoms with Gasteiger partial charge in [0, 0.05) is 45.1 Å². The van der Waals surface area contributed by atoms with E-state index in [9.17, 15) is 40.0 Å². The molecule has 4 aromatic heterocycles. The second-order valence-electron chi connectivity index (χ2n) is 14.2. The minimum atomic E-state index is -5.11. The lowest BCUT2D eigenvalue weighted by atomic mass is 10.0. The summed E-state index contributed by atoms with van der Waals surface area (Å²) in [6, 6.07) is 3.59. The monoisotopic (exact) mass is 872 g/mol. The molecule has 6 aromatic rings. The molecule has 0 spiro atoms. The summed E-state index contributed by atoms with van der Waals surface area (Å²) >= 11 is 7.51. The standard InChI is InChI=1S/C34H28ClF7N10O4S2/c1-49(2)32-45-29-25(57-32)31(54)52(20-6-5-18(35)23-24(20)50(3)47-28(23)48-58(4,55)56)30(44-29)19(9-13-7-14(36)10-15(37)8-13)43-21(53)12-51-27-22(26(46-51)34(40,41)42)16-11-17(16)33(27,38)39/h5-8,10,16-17,19H,9,11-12H2,1-4H3,(H,43,53)(H,47,48)/t16-,17+,19-/m0/s1. The fourth-order valence-corrected chi connectivity index (χ4v) is 9.06. The third kappa shape index (κ3) is 6.70. The Kier molecular flexibility index (Phi) is 9.12. The Labute approximate surface area is 331 Å². The average molecular weight is 873 g/mol. The number of anilines is 2. The van der Waals surface area contributed by atoms with Gasteiger partial charge in [-0.3, -0.25) is 28.2 Å². The lowest BCUT2D eigenvalue weighted by molar-refractivity contribution is -0.142. The summed E-state index contributed by atoms with van der Waals surface area (Å²) in [4.78, 5) is 39.3. The molecule has 4 heterocycles. The van der Waals surface area contributed by atoms with Crippen molar-refractivity contribution in [3.05, 3.63) is 85.7 Å². The summed E-state index contributed by atoms with van der Waals surface area (Å²) in [6.07, 6.45) is -4.92. The van der Waals surface area contributed by atoms with Crippen molar-refractivity contribution >= 4 is 71.1 Å². The number of aryl methyl sites for hydroxylation is 1. The van der Waals surface area contributed by atoms with Gasteiger partial charge in [-0.05, 0) is 42.2 Å². The zero-order chi connectivity index (χ0) is 42.0. The Hall–Kier alpha value is -5.29. The third-order valence-electron chi connectivity index (χ3n) is 9.77. The van der Waals surface area contributed by atoms with Crippen LogP contribution >= 0.6 is 22.9 Å². The zero-order valence-electron chi connectivity index (χ0n) is 30.3. The van der Waals surface area contributed by atoms with Gasteiger partial charge in [0.1, 0.15) is 34.4 Å². The maximum Gasteiger partial charge on any atom is 0.435 e. The van der Waals surface area contributed by atoms with Crippen molar-refractivity contribution in [1.82, 2.24) is 39.4 Å². The van der Waals surface area contributed by atoms with Crippen LogP contribution in [-0.4, -0.2) is 68.8 Å². The van der Waals surface area contributed by atoms with Crippen LogP contribution in [0.1, 0.15) is 46.7 Å². The zero-order valence-corrected chi connectivity index (χ0v) is 32.7. The van der Waals surface area contributed by atoms with Gasteiger partial charge in [0.25, 0.3) is 11.5 Å². The predicted molar refractivity (Wildman–Crippen MR) is 198 cm³/mol. The van der Waals surface area contributed by atoms with E-state index in [0.717, 1.165) is 34.3 Å². The summed E-state index contributed by atoms with van der Waals surface area (Å²) in [5.41, 5.74) is -4.16.